The quantitative estimate of drug-likeness (QED) is 0.789. The van der Waals surface area contributed by atoms with Crippen LogP contribution < -0.4 is 5.32 Å². The van der Waals surface area contributed by atoms with E-state index in [1.165, 1.54) is 45.1 Å². The summed E-state index contributed by atoms with van der Waals surface area (Å²) < 4.78 is 0. The molecule has 0 aliphatic heterocycles. The van der Waals surface area contributed by atoms with Crippen LogP contribution in [0.5, 0.6) is 0 Å². The molecule has 0 aromatic heterocycles. The SMILES string of the molecule is CC(CCNC1CC1)c1ccccc1C1CCC1. The highest BCUT2D eigenvalue weighted by Crippen LogP contribution is 2.40. The minimum absolute atomic E-state index is 0.702. The number of rotatable bonds is 6. The van der Waals surface area contributed by atoms with Gasteiger partial charge in [-0.1, -0.05) is 37.6 Å². The summed E-state index contributed by atoms with van der Waals surface area (Å²) in [6, 6.07) is 9.99. The topological polar surface area (TPSA) is 12.0 Å². The molecule has 98 valence electrons. The van der Waals surface area contributed by atoms with Crippen molar-refractivity contribution < 1.29 is 0 Å². The van der Waals surface area contributed by atoms with Gasteiger partial charge in [-0.25, -0.2) is 0 Å². The zero-order chi connectivity index (χ0) is 12.4. The summed E-state index contributed by atoms with van der Waals surface area (Å²) in [5.41, 5.74) is 3.25. The monoisotopic (exact) mass is 243 g/mol. The summed E-state index contributed by atoms with van der Waals surface area (Å²) in [7, 11) is 0. The lowest BCUT2D eigenvalue weighted by Crippen LogP contribution is -2.20. The maximum absolute atomic E-state index is 3.63. The second-order valence-corrected chi connectivity index (χ2v) is 6.17. The number of benzene rings is 1. The van der Waals surface area contributed by atoms with Gasteiger partial charge in [0.25, 0.3) is 0 Å². The molecule has 1 nitrogen and oxygen atoms in total. The van der Waals surface area contributed by atoms with Crippen LogP contribution in [-0.4, -0.2) is 12.6 Å². The molecule has 0 radical (unpaired) electrons. The van der Waals surface area contributed by atoms with Crippen LogP contribution in [0.1, 0.15) is 68.4 Å². The Labute approximate surface area is 111 Å². The Morgan fingerprint density at radius 2 is 1.94 bits per heavy atom. The molecule has 1 N–H and O–H groups in total. The van der Waals surface area contributed by atoms with E-state index in [-0.39, 0.29) is 0 Å². The minimum Gasteiger partial charge on any atom is -0.314 e. The highest BCUT2D eigenvalue weighted by Gasteiger charge is 2.24. The standard InChI is InChI=1S/C17H25N/c1-13(11-12-18-15-9-10-15)16-7-2-3-8-17(16)14-5-4-6-14/h2-3,7-8,13-15,18H,4-6,9-12H2,1H3. The molecule has 1 unspecified atom stereocenters. The molecule has 0 saturated heterocycles. The maximum Gasteiger partial charge on any atom is 0.00682 e. The van der Waals surface area contributed by atoms with Crippen LogP contribution in [0.25, 0.3) is 0 Å². The molecule has 0 heterocycles. The largest absolute Gasteiger partial charge is 0.314 e. The molecule has 0 bridgehead atoms. The highest BCUT2D eigenvalue weighted by molar-refractivity contribution is 5.34. The Balaban J connectivity index is 1.61. The first kappa shape index (κ1) is 12.2. The van der Waals surface area contributed by atoms with Crippen molar-refractivity contribution in [2.45, 2.75) is 63.3 Å². The van der Waals surface area contributed by atoms with Gasteiger partial charge in [0.05, 0.1) is 0 Å². The molecule has 2 saturated carbocycles. The van der Waals surface area contributed by atoms with Crippen LogP contribution in [0.2, 0.25) is 0 Å². The zero-order valence-corrected chi connectivity index (χ0v) is 11.5. The first-order valence-electron chi connectivity index (χ1n) is 7.67. The van der Waals surface area contributed by atoms with Crippen molar-refractivity contribution in [1.29, 1.82) is 0 Å². The van der Waals surface area contributed by atoms with Crippen molar-refractivity contribution in [3.05, 3.63) is 35.4 Å². The maximum atomic E-state index is 3.63. The van der Waals surface area contributed by atoms with Crippen LogP contribution in [0.4, 0.5) is 0 Å². The van der Waals surface area contributed by atoms with Crippen LogP contribution >= 0.6 is 0 Å². The number of nitrogens with one attached hydrogen (secondary N) is 1. The van der Waals surface area contributed by atoms with Crippen LogP contribution in [0.15, 0.2) is 24.3 Å². The lowest BCUT2D eigenvalue weighted by Gasteiger charge is -2.29. The van der Waals surface area contributed by atoms with Crippen molar-refractivity contribution in [2.75, 3.05) is 6.54 Å². The van der Waals surface area contributed by atoms with Gasteiger partial charge in [0.15, 0.2) is 0 Å². The fraction of sp³-hybridized carbons (Fsp3) is 0.647. The fourth-order valence-corrected chi connectivity index (χ4v) is 3.00. The van der Waals surface area contributed by atoms with Crippen LogP contribution in [-0.2, 0) is 0 Å². The predicted molar refractivity (Wildman–Crippen MR) is 77.1 cm³/mol. The molecular weight excluding hydrogens is 218 g/mol. The average molecular weight is 243 g/mol. The van der Waals surface area contributed by atoms with Crippen molar-refractivity contribution in [2.24, 2.45) is 0 Å². The second-order valence-electron chi connectivity index (χ2n) is 6.17. The van der Waals surface area contributed by atoms with E-state index in [9.17, 15) is 0 Å². The summed E-state index contributed by atoms with van der Waals surface area (Å²) in [6.07, 6.45) is 8.31. The van der Waals surface area contributed by atoms with E-state index in [0.717, 1.165) is 12.0 Å². The highest BCUT2D eigenvalue weighted by atomic mass is 14.9. The Morgan fingerprint density at radius 1 is 1.17 bits per heavy atom. The lowest BCUT2D eigenvalue weighted by atomic mass is 9.76. The molecule has 2 fully saturated rings. The third kappa shape index (κ3) is 2.77. The van der Waals surface area contributed by atoms with E-state index in [0.29, 0.717) is 5.92 Å². The minimum atomic E-state index is 0.702. The van der Waals surface area contributed by atoms with Gasteiger partial charge in [0, 0.05) is 6.04 Å². The van der Waals surface area contributed by atoms with E-state index < -0.39 is 0 Å². The van der Waals surface area contributed by atoms with Gasteiger partial charge in [-0.2, -0.15) is 0 Å². The summed E-state index contributed by atoms with van der Waals surface area (Å²) in [4.78, 5) is 0. The van der Waals surface area contributed by atoms with E-state index >= 15 is 0 Å². The average Bonchev–Trinajstić information content (AvgIpc) is 3.11. The van der Waals surface area contributed by atoms with Crippen molar-refractivity contribution in [3.63, 3.8) is 0 Å². The molecular formula is C17H25N. The summed E-state index contributed by atoms with van der Waals surface area (Å²) in [5.74, 6) is 1.56. The lowest BCUT2D eigenvalue weighted by molar-refractivity contribution is 0.414. The van der Waals surface area contributed by atoms with Crippen LogP contribution in [0, 0.1) is 0 Å². The molecule has 1 aromatic rings. The van der Waals surface area contributed by atoms with E-state index in [2.05, 4.69) is 36.5 Å². The normalized spacial score (nSPS) is 21.6. The second kappa shape index (κ2) is 5.44. The first-order chi connectivity index (χ1) is 8.84. The smallest absolute Gasteiger partial charge is 0.00682 e. The van der Waals surface area contributed by atoms with Crippen LogP contribution in [0.3, 0.4) is 0 Å². The summed E-state index contributed by atoms with van der Waals surface area (Å²) >= 11 is 0. The van der Waals surface area contributed by atoms with Gasteiger partial charge in [0.1, 0.15) is 0 Å². The van der Waals surface area contributed by atoms with Crippen molar-refractivity contribution >= 4 is 0 Å². The summed E-state index contributed by atoms with van der Waals surface area (Å²) in [5, 5.41) is 3.63. The van der Waals surface area contributed by atoms with E-state index in [4.69, 9.17) is 0 Å². The third-order valence-electron chi connectivity index (χ3n) is 4.66. The van der Waals surface area contributed by atoms with Gasteiger partial charge in [0.2, 0.25) is 0 Å². The molecule has 0 amide bonds. The molecule has 2 aliphatic carbocycles. The number of hydrogen-bond acceptors (Lipinski definition) is 1. The predicted octanol–water partition coefficient (Wildman–Crippen LogP) is 4.20. The summed E-state index contributed by atoms with van der Waals surface area (Å²) in [6.45, 7) is 3.58. The van der Waals surface area contributed by atoms with Gasteiger partial charge in [-0.05, 0) is 61.6 Å². The molecule has 1 heteroatoms. The zero-order valence-electron chi connectivity index (χ0n) is 11.5. The van der Waals surface area contributed by atoms with Gasteiger partial charge in [-0.15, -0.1) is 0 Å². The first-order valence-corrected chi connectivity index (χ1v) is 7.67. The van der Waals surface area contributed by atoms with Crippen molar-refractivity contribution in [1.82, 2.24) is 5.32 Å². The van der Waals surface area contributed by atoms with Gasteiger partial charge >= 0.3 is 0 Å². The molecule has 0 spiro atoms. The number of hydrogen-bond donors (Lipinski definition) is 1. The molecule has 1 atom stereocenters. The Kier molecular flexibility index (Phi) is 3.69. The fourth-order valence-electron chi connectivity index (χ4n) is 3.00. The van der Waals surface area contributed by atoms with E-state index in [1.54, 1.807) is 11.1 Å². The molecule has 2 aliphatic rings. The van der Waals surface area contributed by atoms with Crippen molar-refractivity contribution in [3.8, 4) is 0 Å². The molecule has 18 heavy (non-hydrogen) atoms. The van der Waals surface area contributed by atoms with Gasteiger partial charge < -0.3 is 5.32 Å². The Hall–Kier alpha value is -0.820. The molecule has 1 aromatic carbocycles. The third-order valence-corrected chi connectivity index (χ3v) is 4.66. The van der Waals surface area contributed by atoms with Gasteiger partial charge in [-0.3, -0.25) is 0 Å². The van der Waals surface area contributed by atoms with E-state index in [1.807, 2.05) is 0 Å². The Morgan fingerprint density at radius 3 is 2.61 bits per heavy atom. The molecule has 3 rings (SSSR count). The Bertz CT molecular complexity index is 390.